The summed E-state index contributed by atoms with van der Waals surface area (Å²) >= 11 is 1.38. The molecule has 0 aliphatic heterocycles. The molecular formula is C24H25N5O2S. The molecule has 2 aromatic heterocycles. The van der Waals surface area contributed by atoms with Crippen LogP contribution in [0.25, 0.3) is 16.9 Å². The predicted octanol–water partition coefficient (Wildman–Crippen LogP) is 5.06. The molecule has 32 heavy (non-hydrogen) atoms. The minimum absolute atomic E-state index is 0.117. The van der Waals surface area contributed by atoms with E-state index in [9.17, 15) is 4.79 Å². The molecule has 2 heterocycles. The van der Waals surface area contributed by atoms with Crippen LogP contribution >= 0.6 is 11.8 Å². The molecule has 7 nitrogen and oxygen atoms in total. The molecule has 0 bridgehead atoms. The molecule has 1 amide bonds. The number of hydrogen-bond donors (Lipinski definition) is 1. The number of carbonyl (C=O) groups excluding carboxylic acids is 1. The minimum Gasteiger partial charge on any atom is -0.495 e. The van der Waals surface area contributed by atoms with Crippen LogP contribution in [0, 0.1) is 0 Å². The lowest BCUT2D eigenvalue weighted by Crippen LogP contribution is -2.18. The zero-order valence-corrected chi connectivity index (χ0v) is 19.0. The van der Waals surface area contributed by atoms with Gasteiger partial charge in [0.1, 0.15) is 11.6 Å². The van der Waals surface area contributed by atoms with E-state index >= 15 is 0 Å². The quantitative estimate of drug-likeness (QED) is 0.382. The Bertz CT molecular complexity index is 1200. The van der Waals surface area contributed by atoms with Gasteiger partial charge in [-0.05, 0) is 26.0 Å². The molecule has 8 heteroatoms. The first-order valence-electron chi connectivity index (χ1n) is 10.3. The normalized spacial score (nSPS) is 11.0. The Morgan fingerprint density at radius 3 is 2.59 bits per heavy atom. The third-order valence-corrected chi connectivity index (χ3v) is 5.84. The monoisotopic (exact) mass is 447 g/mol. The number of anilines is 1. The summed E-state index contributed by atoms with van der Waals surface area (Å²) in [5, 5.41) is 7.91. The van der Waals surface area contributed by atoms with Crippen molar-refractivity contribution >= 4 is 23.5 Å². The predicted molar refractivity (Wildman–Crippen MR) is 128 cm³/mol. The van der Waals surface area contributed by atoms with E-state index in [1.165, 1.54) is 11.8 Å². The van der Waals surface area contributed by atoms with Gasteiger partial charge in [-0.25, -0.2) is 9.67 Å². The molecule has 0 saturated carbocycles. The van der Waals surface area contributed by atoms with E-state index in [1.54, 1.807) is 24.1 Å². The number of hydrogen-bond acceptors (Lipinski definition) is 5. The number of methoxy groups -OCH3 is 1. The van der Waals surface area contributed by atoms with Gasteiger partial charge in [0.15, 0.2) is 5.16 Å². The number of aromatic nitrogens is 4. The van der Waals surface area contributed by atoms with Crippen molar-refractivity contribution in [3.8, 4) is 22.7 Å². The maximum absolute atomic E-state index is 12.7. The van der Waals surface area contributed by atoms with Gasteiger partial charge in [0.2, 0.25) is 5.91 Å². The Hall–Kier alpha value is -3.52. The van der Waals surface area contributed by atoms with Crippen LogP contribution in [0.4, 0.5) is 5.82 Å². The summed E-state index contributed by atoms with van der Waals surface area (Å²) in [7, 11) is 1.65. The summed E-state index contributed by atoms with van der Waals surface area (Å²) in [6, 6.07) is 19.8. The van der Waals surface area contributed by atoms with Crippen molar-refractivity contribution in [2.45, 2.75) is 25.0 Å². The number of thioether (sulfide) groups is 1. The molecule has 4 aromatic rings. The van der Waals surface area contributed by atoms with Crippen molar-refractivity contribution < 1.29 is 9.53 Å². The summed E-state index contributed by atoms with van der Waals surface area (Å²) in [6.45, 7) is 4.04. The van der Waals surface area contributed by atoms with Gasteiger partial charge in [-0.1, -0.05) is 54.2 Å². The second kappa shape index (κ2) is 9.74. The van der Waals surface area contributed by atoms with Crippen molar-refractivity contribution in [1.29, 1.82) is 0 Å². The second-order valence-electron chi connectivity index (χ2n) is 7.39. The van der Waals surface area contributed by atoms with Crippen molar-refractivity contribution in [3.63, 3.8) is 0 Å². The number of benzene rings is 2. The smallest absolute Gasteiger partial charge is 0.235 e. The van der Waals surface area contributed by atoms with E-state index in [-0.39, 0.29) is 17.7 Å². The zero-order chi connectivity index (χ0) is 22.5. The average molecular weight is 448 g/mol. The highest BCUT2D eigenvalue weighted by atomic mass is 32.2. The first-order chi connectivity index (χ1) is 15.6. The van der Waals surface area contributed by atoms with Gasteiger partial charge in [0.05, 0.1) is 36.6 Å². The van der Waals surface area contributed by atoms with Gasteiger partial charge in [0, 0.05) is 17.7 Å². The van der Waals surface area contributed by atoms with Gasteiger partial charge in [-0.15, -0.1) is 0 Å². The number of para-hydroxylation sites is 2. The van der Waals surface area contributed by atoms with Crippen molar-refractivity contribution in [2.75, 3.05) is 18.2 Å². The topological polar surface area (TPSA) is 74.0 Å². The highest BCUT2D eigenvalue weighted by Gasteiger charge is 2.18. The molecule has 1 N–H and O–H groups in total. The maximum atomic E-state index is 12.7. The minimum atomic E-state index is -0.117. The van der Waals surface area contributed by atoms with Crippen LogP contribution in [0.5, 0.6) is 5.75 Å². The highest BCUT2D eigenvalue weighted by molar-refractivity contribution is 7.99. The van der Waals surface area contributed by atoms with Crippen LogP contribution in [-0.4, -0.2) is 38.1 Å². The SMILES string of the molecule is COc1ccccc1-n1c(-c2ccccc2)cnc1SCC(=O)Nc1ccnn1C(C)C. The van der Waals surface area contributed by atoms with E-state index in [0.717, 1.165) is 22.7 Å². The number of nitrogens with one attached hydrogen (secondary N) is 1. The van der Waals surface area contributed by atoms with E-state index in [0.29, 0.717) is 11.0 Å². The van der Waals surface area contributed by atoms with Crippen LogP contribution < -0.4 is 10.1 Å². The Kier molecular flexibility index (Phi) is 6.61. The Labute approximate surface area is 191 Å². The summed E-state index contributed by atoms with van der Waals surface area (Å²) in [4.78, 5) is 17.3. The fourth-order valence-corrected chi connectivity index (χ4v) is 4.22. The number of rotatable bonds is 8. The van der Waals surface area contributed by atoms with Crippen LogP contribution in [-0.2, 0) is 4.79 Å². The molecule has 2 aromatic carbocycles. The molecule has 164 valence electrons. The summed E-state index contributed by atoms with van der Waals surface area (Å²) in [6.07, 6.45) is 3.51. The van der Waals surface area contributed by atoms with E-state index in [4.69, 9.17) is 4.74 Å². The van der Waals surface area contributed by atoms with Crippen LogP contribution in [0.15, 0.2) is 78.2 Å². The Morgan fingerprint density at radius 1 is 1.09 bits per heavy atom. The summed E-state index contributed by atoms with van der Waals surface area (Å²) in [5.41, 5.74) is 2.83. The van der Waals surface area contributed by atoms with Gasteiger partial charge < -0.3 is 10.1 Å². The Balaban J connectivity index is 1.62. The van der Waals surface area contributed by atoms with E-state index in [1.807, 2.05) is 79.2 Å². The molecule has 0 unspecified atom stereocenters. The fraction of sp³-hybridized carbons (Fsp3) is 0.208. The van der Waals surface area contributed by atoms with Gasteiger partial charge in [-0.3, -0.25) is 9.36 Å². The standard InChI is InChI=1S/C24H25N5O2S/c1-17(2)29-22(13-14-26-29)27-23(30)16-32-24-25-15-20(18-9-5-4-6-10-18)28(24)19-11-7-8-12-21(19)31-3/h4-15,17H,16H2,1-3H3,(H,27,30). The molecule has 4 rings (SSSR count). The average Bonchev–Trinajstić information content (AvgIpc) is 3.45. The number of nitrogens with zero attached hydrogens (tertiary/aromatic N) is 4. The van der Waals surface area contributed by atoms with Crippen LogP contribution in [0.3, 0.4) is 0 Å². The molecule has 0 saturated heterocycles. The van der Waals surface area contributed by atoms with Gasteiger partial charge >= 0.3 is 0 Å². The van der Waals surface area contributed by atoms with Crippen molar-refractivity contribution in [3.05, 3.63) is 73.1 Å². The third-order valence-electron chi connectivity index (χ3n) is 4.88. The lowest BCUT2D eigenvalue weighted by Gasteiger charge is -2.15. The number of amides is 1. The van der Waals surface area contributed by atoms with Gasteiger partial charge in [0.25, 0.3) is 0 Å². The first-order valence-corrected chi connectivity index (χ1v) is 11.3. The molecule has 0 spiro atoms. The highest BCUT2D eigenvalue weighted by Crippen LogP contribution is 2.33. The van der Waals surface area contributed by atoms with Gasteiger partial charge in [-0.2, -0.15) is 5.10 Å². The molecule has 0 aliphatic carbocycles. The second-order valence-corrected chi connectivity index (χ2v) is 8.33. The molecule has 0 atom stereocenters. The summed E-state index contributed by atoms with van der Waals surface area (Å²) in [5.74, 6) is 1.51. The van der Waals surface area contributed by atoms with Crippen LogP contribution in [0.2, 0.25) is 0 Å². The largest absolute Gasteiger partial charge is 0.495 e. The fourth-order valence-electron chi connectivity index (χ4n) is 3.43. The number of imidazole rings is 1. The molecule has 0 radical (unpaired) electrons. The maximum Gasteiger partial charge on any atom is 0.235 e. The van der Waals surface area contributed by atoms with E-state index < -0.39 is 0 Å². The van der Waals surface area contributed by atoms with Crippen molar-refractivity contribution in [1.82, 2.24) is 19.3 Å². The lowest BCUT2D eigenvalue weighted by molar-refractivity contribution is -0.113. The van der Waals surface area contributed by atoms with Crippen LogP contribution in [0.1, 0.15) is 19.9 Å². The third kappa shape index (κ3) is 4.55. The zero-order valence-electron chi connectivity index (χ0n) is 18.2. The Morgan fingerprint density at radius 2 is 1.84 bits per heavy atom. The van der Waals surface area contributed by atoms with Crippen molar-refractivity contribution in [2.24, 2.45) is 0 Å². The first kappa shape index (κ1) is 21.7. The summed E-state index contributed by atoms with van der Waals surface area (Å²) < 4.78 is 9.42. The lowest BCUT2D eigenvalue weighted by atomic mass is 10.1. The van der Waals surface area contributed by atoms with E-state index in [2.05, 4.69) is 15.4 Å². The molecule has 0 fully saturated rings. The number of ether oxygens (including phenoxy) is 1. The number of carbonyl (C=O) groups is 1. The molecule has 0 aliphatic rings. The molecular weight excluding hydrogens is 422 g/mol.